The third-order valence-corrected chi connectivity index (χ3v) is 5.64. The van der Waals surface area contributed by atoms with Gasteiger partial charge in [-0.2, -0.15) is 0 Å². The molecule has 2 heterocycles. The molecule has 0 aromatic carbocycles. The van der Waals surface area contributed by atoms with Gasteiger partial charge in [-0.1, -0.05) is 12.8 Å². The molecule has 0 atom stereocenters. The van der Waals surface area contributed by atoms with Crippen LogP contribution in [0.25, 0.3) is 0 Å². The van der Waals surface area contributed by atoms with E-state index in [1.54, 1.807) is 6.20 Å². The van der Waals surface area contributed by atoms with Crippen LogP contribution in [0, 0.1) is 6.92 Å². The molecule has 1 aromatic rings. The van der Waals surface area contributed by atoms with Crippen LogP contribution in [0.3, 0.4) is 0 Å². The Hall–Kier alpha value is -1.63. The largest absolute Gasteiger partial charge is 0.369 e. The Balaban J connectivity index is 1.52. The number of hydrogen-bond donors (Lipinski definition) is 2. The molecule has 2 fully saturated rings. The van der Waals surface area contributed by atoms with E-state index in [4.69, 9.17) is 0 Å². The van der Waals surface area contributed by atoms with Crippen molar-refractivity contribution in [1.82, 2.24) is 15.2 Å². The number of imide groups is 1. The summed E-state index contributed by atoms with van der Waals surface area (Å²) in [5.74, 6) is 0.740. The summed E-state index contributed by atoms with van der Waals surface area (Å²) < 4.78 is 0.944. The van der Waals surface area contributed by atoms with Crippen LogP contribution in [0.2, 0.25) is 0 Å². The molecule has 0 radical (unpaired) electrons. The highest BCUT2D eigenvalue weighted by molar-refractivity contribution is 9.10. The van der Waals surface area contributed by atoms with Crippen molar-refractivity contribution in [2.45, 2.75) is 44.6 Å². The van der Waals surface area contributed by atoms with E-state index < -0.39 is 5.54 Å². The predicted molar refractivity (Wildman–Crippen MR) is 91.2 cm³/mol. The SMILES string of the molecule is Cc1ccnc(NCCCN2C(=O)NC3(CCCC3)C2=O)c1Br. The van der Waals surface area contributed by atoms with Gasteiger partial charge in [0.05, 0.1) is 4.47 Å². The zero-order chi connectivity index (χ0) is 16.4. The molecule has 1 saturated heterocycles. The minimum atomic E-state index is -0.606. The van der Waals surface area contributed by atoms with E-state index in [0.29, 0.717) is 19.5 Å². The first-order valence-corrected chi connectivity index (χ1v) is 8.82. The van der Waals surface area contributed by atoms with Crippen LogP contribution in [0.1, 0.15) is 37.7 Å². The first-order chi connectivity index (χ1) is 11.0. The van der Waals surface area contributed by atoms with Gasteiger partial charge in [-0.15, -0.1) is 0 Å². The summed E-state index contributed by atoms with van der Waals surface area (Å²) in [5.41, 5.74) is 0.505. The summed E-state index contributed by atoms with van der Waals surface area (Å²) in [6.07, 6.45) is 6.00. The molecule has 124 valence electrons. The number of urea groups is 1. The van der Waals surface area contributed by atoms with Gasteiger partial charge < -0.3 is 10.6 Å². The van der Waals surface area contributed by atoms with Crippen LogP contribution in [0.15, 0.2) is 16.7 Å². The molecule has 1 aliphatic heterocycles. The summed E-state index contributed by atoms with van der Waals surface area (Å²) >= 11 is 3.50. The summed E-state index contributed by atoms with van der Waals surface area (Å²) in [5, 5.41) is 6.14. The average molecular weight is 381 g/mol. The molecule has 7 heteroatoms. The number of aryl methyl sites for hydroxylation is 1. The molecule has 0 unspecified atom stereocenters. The maximum absolute atomic E-state index is 12.5. The van der Waals surface area contributed by atoms with Crippen molar-refractivity contribution in [3.8, 4) is 0 Å². The highest BCUT2D eigenvalue weighted by Crippen LogP contribution is 2.35. The lowest BCUT2D eigenvalue weighted by Gasteiger charge is -2.20. The number of anilines is 1. The van der Waals surface area contributed by atoms with E-state index in [2.05, 4.69) is 31.5 Å². The van der Waals surface area contributed by atoms with Gasteiger partial charge >= 0.3 is 6.03 Å². The second-order valence-corrected chi connectivity index (χ2v) is 7.04. The van der Waals surface area contributed by atoms with Crippen molar-refractivity contribution < 1.29 is 9.59 Å². The zero-order valence-corrected chi connectivity index (χ0v) is 14.8. The molecule has 23 heavy (non-hydrogen) atoms. The minimum absolute atomic E-state index is 0.0464. The van der Waals surface area contributed by atoms with Gasteiger partial charge in [-0.3, -0.25) is 9.69 Å². The van der Waals surface area contributed by atoms with Crippen LogP contribution < -0.4 is 10.6 Å². The van der Waals surface area contributed by atoms with Crippen molar-refractivity contribution in [3.63, 3.8) is 0 Å². The molecule has 1 saturated carbocycles. The van der Waals surface area contributed by atoms with Gasteiger partial charge in [0.2, 0.25) is 0 Å². The number of nitrogens with zero attached hydrogens (tertiary/aromatic N) is 2. The first kappa shape index (κ1) is 16.2. The monoisotopic (exact) mass is 380 g/mol. The Morgan fingerprint density at radius 1 is 1.39 bits per heavy atom. The van der Waals surface area contributed by atoms with Gasteiger partial charge in [0, 0.05) is 19.3 Å². The van der Waals surface area contributed by atoms with Crippen molar-refractivity contribution in [1.29, 1.82) is 0 Å². The molecule has 2 aliphatic rings. The second kappa shape index (κ2) is 6.47. The topological polar surface area (TPSA) is 74.3 Å². The summed E-state index contributed by atoms with van der Waals surface area (Å²) in [6.45, 7) is 3.09. The van der Waals surface area contributed by atoms with E-state index in [1.165, 1.54) is 4.90 Å². The van der Waals surface area contributed by atoms with Gasteiger partial charge in [-0.25, -0.2) is 9.78 Å². The van der Waals surface area contributed by atoms with Crippen molar-refractivity contribution in [2.75, 3.05) is 18.4 Å². The number of rotatable bonds is 5. The Morgan fingerprint density at radius 2 is 2.13 bits per heavy atom. The molecule has 6 nitrogen and oxygen atoms in total. The van der Waals surface area contributed by atoms with Crippen LogP contribution in [0.5, 0.6) is 0 Å². The number of pyridine rings is 1. The fourth-order valence-electron chi connectivity index (χ4n) is 3.30. The molecule has 1 aliphatic carbocycles. The maximum Gasteiger partial charge on any atom is 0.325 e. The predicted octanol–water partition coefficient (Wildman–Crippen LogP) is 2.82. The van der Waals surface area contributed by atoms with Gasteiger partial charge in [-0.05, 0) is 53.7 Å². The lowest BCUT2D eigenvalue weighted by atomic mass is 9.98. The molecular formula is C16H21BrN4O2. The zero-order valence-electron chi connectivity index (χ0n) is 13.2. The Kier molecular flexibility index (Phi) is 4.57. The quantitative estimate of drug-likeness (QED) is 0.608. The van der Waals surface area contributed by atoms with Gasteiger partial charge in [0.1, 0.15) is 11.4 Å². The number of carbonyl (C=O) groups excluding carboxylic acids is 2. The fourth-order valence-corrected chi connectivity index (χ4v) is 3.68. The third kappa shape index (κ3) is 3.06. The van der Waals surface area contributed by atoms with Gasteiger partial charge in [0.15, 0.2) is 0 Å². The summed E-state index contributed by atoms with van der Waals surface area (Å²) in [6, 6.07) is 1.69. The van der Waals surface area contributed by atoms with Crippen LogP contribution in [0.4, 0.5) is 10.6 Å². The molecule has 3 rings (SSSR count). The van der Waals surface area contributed by atoms with E-state index in [9.17, 15) is 9.59 Å². The number of hydrogen-bond acceptors (Lipinski definition) is 4. The smallest absolute Gasteiger partial charge is 0.325 e. The van der Waals surface area contributed by atoms with Crippen LogP contribution in [-0.2, 0) is 4.79 Å². The number of amides is 3. The molecule has 1 aromatic heterocycles. The van der Waals surface area contributed by atoms with Crippen molar-refractivity contribution >= 4 is 33.7 Å². The normalized spacial score (nSPS) is 19.5. The molecule has 1 spiro atoms. The van der Waals surface area contributed by atoms with E-state index in [-0.39, 0.29) is 11.9 Å². The Morgan fingerprint density at radius 3 is 2.87 bits per heavy atom. The maximum atomic E-state index is 12.5. The van der Waals surface area contributed by atoms with Crippen LogP contribution in [-0.4, -0.2) is 40.5 Å². The van der Waals surface area contributed by atoms with Gasteiger partial charge in [0.25, 0.3) is 5.91 Å². The number of nitrogens with one attached hydrogen (secondary N) is 2. The van der Waals surface area contributed by atoms with Crippen molar-refractivity contribution in [2.24, 2.45) is 0 Å². The molecular weight excluding hydrogens is 360 g/mol. The Bertz CT molecular complexity index is 629. The lowest BCUT2D eigenvalue weighted by Crippen LogP contribution is -2.44. The lowest BCUT2D eigenvalue weighted by molar-refractivity contribution is -0.131. The minimum Gasteiger partial charge on any atom is -0.369 e. The second-order valence-electron chi connectivity index (χ2n) is 6.25. The van der Waals surface area contributed by atoms with E-state index in [1.807, 2.05) is 13.0 Å². The number of carbonyl (C=O) groups is 2. The highest BCUT2D eigenvalue weighted by atomic mass is 79.9. The van der Waals surface area contributed by atoms with Crippen LogP contribution >= 0.6 is 15.9 Å². The van der Waals surface area contributed by atoms with Crippen molar-refractivity contribution in [3.05, 3.63) is 22.3 Å². The molecule has 3 amide bonds. The number of halogens is 1. The molecule has 2 N–H and O–H groups in total. The van der Waals surface area contributed by atoms with E-state index >= 15 is 0 Å². The first-order valence-electron chi connectivity index (χ1n) is 8.03. The fraction of sp³-hybridized carbons (Fsp3) is 0.562. The summed E-state index contributed by atoms with van der Waals surface area (Å²) in [4.78, 5) is 30.2. The average Bonchev–Trinajstić information content (AvgIpc) is 3.08. The Labute approximate surface area is 144 Å². The molecule has 0 bridgehead atoms. The third-order valence-electron chi connectivity index (χ3n) is 4.64. The standard InChI is InChI=1S/C16H21BrN4O2/c1-11-5-9-19-13(12(11)17)18-8-4-10-21-14(22)16(20-15(21)23)6-2-3-7-16/h5,9H,2-4,6-8,10H2,1H3,(H,18,19)(H,20,23). The number of aromatic nitrogens is 1. The van der Waals surface area contributed by atoms with E-state index in [0.717, 1.165) is 41.5 Å². The highest BCUT2D eigenvalue weighted by Gasteiger charge is 2.51. The summed E-state index contributed by atoms with van der Waals surface area (Å²) in [7, 11) is 0.